The number of hydrogen-bond donors (Lipinski definition) is 0. The van der Waals surface area contributed by atoms with Crippen LogP contribution in [0.4, 0.5) is 10.5 Å². The predicted octanol–water partition coefficient (Wildman–Crippen LogP) is 6.30. The third kappa shape index (κ3) is 3.77. The fraction of sp³-hybridized carbons (Fsp3) is 0.333. The summed E-state index contributed by atoms with van der Waals surface area (Å²) in [5, 5.41) is 0.287. The van der Waals surface area contributed by atoms with Gasteiger partial charge in [0.05, 0.1) is 11.4 Å². The molecule has 2 aromatic carbocycles. The smallest absolute Gasteiger partial charge is 0.293 e. The largest absolute Gasteiger partial charge is 0.369 e. The molecule has 0 bridgehead atoms. The van der Waals surface area contributed by atoms with Crippen molar-refractivity contribution < 1.29 is 9.59 Å². The van der Waals surface area contributed by atoms with Gasteiger partial charge in [0.15, 0.2) is 0 Å². The summed E-state index contributed by atoms with van der Waals surface area (Å²) in [6.45, 7) is 6.95. The Morgan fingerprint density at radius 3 is 2.67 bits per heavy atom. The molecule has 30 heavy (non-hydrogen) atoms. The molecule has 156 valence electrons. The molecule has 1 unspecified atom stereocenters. The van der Waals surface area contributed by atoms with Crippen LogP contribution in [0.25, 0.3) is 6.08 Å². The van der Waals surface area contributed by atoms with Gasteiger partial charge in [-0.1, -0.05) is 42.8 Å². The van der Waals surface area contributed by atoms with Gasteiger partial charge in [-0.2, -0.15) is 0 Å². The van der Waals surface area contributed by atoms with Crippen molar-refractivity contribution in [2.24, 2.45) is 0 Å². The van der Waals surface area contributed by atoms with Crippen LogP contribution < -0.4 is 4.90 Å². The third-order valence-electron chi connectivity index (χ3n) is 6.12. The molecule has 2 heterocycles. The molecule has 1 atom stereocenters. The molecule has 0 aliphatic carbocycles. The topological polar surface area (TPSA) is 40.6 Å². The van der Waals surface area contributed by atoms with Gasteiger partial charge >= 0.3 is 0 Å². The summed E-state index contributed by atoms with van der Waals surface area (Å²) in [4.78, 5) is 29.4. The van der Waals surface area contributed by atoms with Crippen LogP contribution in [-0.2, 0) is 11.3 Å². The van der Waals surface area contributed by atoms with Gasteiger partial charge in [0, 0.05) is 23.3 Å². The van der Waals surface area contributed by atoms with Gasteiger partial charge in [0.25, 0.3) is 11.1 Å². The molecule has 4 rings (SSSR count). The Bertz CT molecular complexity index is 1060. The van der Waals surface area contributed by atoms with Crippen LogP contribution in [0.15, 0.2) is 47.4 Å². The lowest BCUT2D eigenvalue weighted by atomic mass is 9.80. The van der Waals surface area contributed by atoms with E-state index in [2.05, 4.69) is 44.9 Å². The Morgan fingerprint density at radius 1 is 1.20 bits per heavy atom. The SMILES string of the molecule is CC1CC(C)(C)N(C)c2ccc(/C=C3\SC(=O)N(Cc4ccccc4Cl)C3=O)cc21. The highest BCUT2D eigenvalue weighted by Crippen LogP contribution is 2.43. The quantitative estimate of drug-likeness (QED) is 0.525. The minimum Gasteiger partial charge on any atom is -0.369 e. The van der Waals surface area contributed by atoms with Crippen molar-refractivity contribution in [1.29, 1.82) is 0 Å². The number of fused-ring (bicyclic) bond motifs is 1. The summed E-state index contributed by atoms with van der Waals surface area (Å²) in [5.41, 5.74) is 4.31. The molecule has 2 aliphatic heterocycles. The first-order chi connectivity index (χ1) is 14.2. The zero-order chi connectivity index (χ0) is 21.6. The highest BCUT2D eigenvalue weighted by molar-refractivity contribution is 8.18. The highest BCUT2D eigenvalue weighted by atomic mass is 35.5. The second kappa shape index (κ2) is 7.78. The number of imide groups is 1. The van der Waals surface area contributed by atoms with Crippen molar-refractivity contribution in [2.75, 3.05) is 11.9 Å². The second-order valence-corrected chi connectivity index (χ2v) is 10.1. The number of anilines is 1. The second-order valence-electron chi connectivity index (χ2n) is 8.65. The van der Waals surface area contributed by atoms with Gasteiger partial charge in [-0.25, -0.2) is 0 Å². The minimum atomic E-state index is -0.269. The average Bonchev–Trinajstić information content (AvgIpc) is 2.95. The lowest BCUT2D eigenvalue weighted by molar-refractivity contribution is -0.123. The van der Waals surface area contributed by atoms with E-state index in [0.717, 1.165) is 29.3 Å². The van der Waals surface area contributed by atoms with Gasteiger partial charge in [-0.3, -0.25) is 14.5 Å². The summed E-state index contributed by atoms with van der Waals surface area (Å²) >= 11 is 7.19. The number of thioether (sulfide) groups is 1. The van der Waals surface area contributed by atoms with Crippen molar-refractivity contribution in [3.8, 4) is 0 Å². The average molecular weight is 441 g/mol. The molecule has 6 heteroatoms. The Labute approximate surface area is 186 Å². The van der Waals surface area contributed by atoms with Crippen LogP contribution in [0, 0.1) is 0 Å². The predicted molar refractivity (Wildman–Crippen MR) is 125 cm³/mol. The van der Waals surface area contributed by atoms with Crippen LogP contribution >= 0.6 is 23.4 Å². The van der Waals surface area contributed by atoms with E-state index >= 15 is 0 Å². The summed E-state index contributed by atoms with van der Waals surface area (Å²) < 4.78 is 0. The van der Waals surface area contributed by atoms with Crippen molar-refractivity contribution in [2.45, 2.75) is 45.2 Å². The number of benzene rings is 2. The van der Waals surface area contributed by atoms with E-state index in [4.69, 9.17) is 11.6 Å². The Kier molecular flexibility index (Phi) is 5.45. The number of carbonyl (C=O) groups is 2. The summed E-state index contributed by atoms with van der Waals surface area (Å²) in [7, 11) is 2.13. The number of halogens is 1. The van der Waals surface area contributed by atoms with Gasteiger partial charge < -0.3 is 4.90 Å². The highest BCUT2D eigenvalue weighted by Gasteiger charge is 2.36. The van der Waals surface area contributed by atoms with E-state index in [1.807, 2.05) is 30.3 Å². The number of hydrogen-bond acceptors (Lipinski definition) is 4. The summed E-state index contributed by atoms with van der Waals surface area (Å²) in [5.74, 6) is 0.156. The number of nitrogens with zero attached hydrogens (tertiary/aromatic N) is 2. The van der Waals surface area contributed by atoms with Crippen molar-refractivity contribution in [3.05, 3.63) is 69.1 Å². The lowest BCUT2D eigenvalue weighted by Crippen LogP contribution is -2.45. The normalized spacial score (nSPS) is 22.0. The van der Waals surface area contributed by atoms with E-state index in [0.29, 0.717) is 15.8 Å². The van der Waals surface area contributed by atoms with E-state index in [1.54, 1.807) is 6.07 Å². The summed E-state index contributed by atoms with van der Waals surface area (Å²) in [6, 6.07) is 13.6. The van der Waals surface area contributed by atoms with Crippen LogP contribution in [-0.4, -0.2) is 28.6 Å². The molecule has 2 amide bonds. The maximum atomic E-state index is 12.9. The zero-order valence-corrected chi connectivity index (χ0v) is 19.2. The van der Waals surface area contributed by atoms with Gasteiger partial charge in [0.1, 0.15) is 0 Å². The Morgan fingerprint density at radius 2 is 1.93 bits per heavy atom. The molecular weight excluding hydrogens is 416 g/mol. The third-order valence-corrected chi connectivity index (χ3v) is 7.39. The van der Waals surface area contributed by atoms with Gasteiger partial charge in [-0.15, -0.1) is 0 Å². The molecule has 0 saturated carbocycles. The maximum Gasteiger partial charge on any atom is 0.293 e. The standard InChI is InChI=1S/C24H25ClN2O2S/c1-15-13-24(2,3)26(4)20-10-9-16(11-18(15)20)12-21-22(28)27(23(29)30-21)14-17-7-5-6-8-19(17)25/h5-12,15H,13-14H2,1-4H3/b21-12-. The molecule has 0 aromatic heterocycles. The molecule has 0 N–H and O–H groups in total. The van der Waals surface area contributed by atoms with E-state index in [1.165, 1.54) is 16.2 Å². The van der Waals surface area contributed by atoms with E-state index in [-0.39, 0.29) is 23.2 Å². The maximum absolute atomic E-state index is 12.9. The molecule has 0 spiro atoms. The Hall–Kier alpha value is -2.24. The number of rotatable bonds is 3. The van der Waals surface area contributed by atoms with E-state index in [9.17, 15) is 9.59 Å². The molecule has 4 nitrogen and oxygen atoms in total. The first-order valence-corrected chi connectivity index (χ1v) is 11.2. The molecule has 1 saturated heterocycles. The molecular formula is C24H25ClN2O2S. The minimum absolute atomic E-state index is 0.106. The fourth-order valence-electron chi connectivity index (χ4n) is 4.27. The van der Waals surface area contributed by atoms with Crippen molar-refractivity contribution >= 4 is 46.3 Å². The van der Waals surface area contributed by atoms with Crippen molar-refractivity contribution in [1.82, 2.24) is 4.90 Å². The summed E-state index contributed by atoms with van der Waals surface area (Å²) in [6.07, 6.45) is 2.89. The number of carbonyl (C=O) groups excluding carboxylic acids is 2. The lowest BCUT2D eigenvalue weighted by Gasteiger charge is -2.45. The molecule has 2 aromatic rings. The zero-order valence-electron chi connectivity index (χ0n) is 17.6. The van der Waals surface area contributed by atoms with Crippen LogP contribution in [0.1, 0.15) is 49.8 Å². The molecule has 2 aliphatic rings. The van der Waals surface area contributed by atoms with Crippen LogP contribution in [0.2, 0.25) is 5.02 Å². The molecule has 0 radical (unpaired) electrons. The Balaban J connectivity index is 1.60. The molecule has 1 fully saturated rings. The van der Waals surface area contributed by atoms with E-state index < -0.39 is 0 Å². The van der Waals surface area contributed by atoms with Crippen LogP contribution in [0.3, 0.4) is 0 Å². The first kappa shape index (κ1) is 21.0. The van der Waals surface area contributed by atoms with Crippen molar-refractivity contribution in [3.63, 3.8) is 0 Å². The fourth-order valence-corrected chi connectivity index (χ4v) is 5.30. The van der Waals surface area contributed by atoms with Gasteiger partial charge in [0.2, 0.25) is 0 Å². The first-order valence-electron chi connectivity index (χ1n) is 10.0. The van der Waals surface area contributed by atoms with Crippen LogP contribution in [0.5, 0.6) is 0 Å². The monoisotopic (exact) mass is 440 g/mol. The van der Waals surface area contributed by atoms with Gasteiger partial charge in [-0.05, 0) is 78.9 Å². The number of amides is 2.